The van der Waals surface area contributed by atoms with Crippen LogP contribution >= 0.6 is 19.8 Å². The van der Waals surface area contributed by atoms with Crippen LogP contribution in [-0.2, 0) is 0 Å². The molecule has 2 aromatic rings. The van der Waals surface area contributed by atoms with E-state index in [2.05, 4.69) is 36.6 Å². The van der Waals surface area contributed by atoms with Crippen molar-refractivity contribution in [2.24, 2.45) is 11.8 Å². The molecule has 4 fully saturated rings. The Labute approximate surface area is 174 Å². The van der Waals surface area contributed by atoms with Crippen LogP contribution in [0.1, 0.15) is 31.4 Å². The molecule has 2 bridgehead atoms. The quantitative estimate of drug-likeness (QED) is 0.385. The number of ether oxygens (including phenoxy) is 1. The summed E-state index contributed by atoms with van der Waals surface area (Å²) in [6, 6.07) is 6.50. The first kappa shape index (κ1) is 18.8. The predicted molar refractivity (Wildman–Crippen MR) is 122 cm³/mol. The fraction of sp³-hybridized carbons (Fsp3) is 0.522. The Morgan fingerprint density at radius 2 is 2.25 bits per heavy atom. The Morgan fingerprint density at radius 1 is 1.43 bits per heavy atom. The normalized spacial score (nSPS) is 33.7. The zero-order valence-corrected chi connectivity index (χ0v) is 18.8. The van der Waals surface area contributed by atoms with E-state index in [0.717, 1.165) is 45.7 Å². The second-order valence-electron chi connectivity index (χ2n) is 8.43. The molecule has 5 heterocycles. The van der Waals surface area contributed by atoms with Gasteiger partial charge in [0.25, 0.3) is 0 Å². The number of hydrogen-bond donors (Lipinski definition) is 1. The van der Waals surface area contributed by atoms with E-state index in [9.17, 15) is 5.11 Å². The molecule has 0 saturated carbocycles. The fourth-order valence-corrected chi connectivity index (χ4v) is 10.8. The van der Waals surface area contributed by atoms with Crippen LogP contribution in [-0.4, -0.2) is 49.6 Å². The van der Waals surface area contributed by atoms with Gasteiger partial charge in [-0.2, -0.15) is 0 Å². The van der Waals surface area contributed by atoms with Gasteiger partial charge in [0, 0.05) is 0 Å². The van der Waals surface area contributed by atoms with E-state index in [1.165, 1.54) is 14.4 Å². The Bertz CT molecular complexity index is 917. The molecule has 0 spiro atoms. The van der Waals surface area contributed by atoms with E-state index in [1.807, 2.05) is 12.3 Å². The summed E-state index contributed by atoms with van der Waals surface area (Å²) >= 11 is -1.11. The molecule has 4 aliphatic heterocycles. The van der Waals surface area contributed by atoms with E-state index in [4.69, 9.17) is 9.72 Å². The number of piperidine rings is 3. The number of methoxy groups -OCH3 is 1. The number of aliphatic hydroxyl groups is 1. The summed E-state index contributed by atoms with van der Waals surface area (Å²) in [7, 11) is 1.73. The first-order valence-electron chi connectivity index (χ1n) is 10.3. The molecule has 150 valence electrons. The summed E-state index contributed by atoms with van der Waals surface area (Å²) in [5.41, 5.74) is 2.12. The molecule has 4 aliphatic rings. The molecule has 2 unspecified atom stereocenters. The molecule has 0 aliphatic carbocycles. The summed E-state index contributed by atoms with van der Waals surface area (Å²) in [4.78, 5) is 7.23. The Balaban J connectivity index is 1.55. The van der Waals surface area contributed by atoms with Crippen LogP contribution < -0.4 is 4.74 Å². The van der Waals surface area contributed by atoms with E-state index < -0.39 is 25.9 Å². The number of nitrogens with zero attached hydrogens (tertiary/aromatic N) is 2. The van der Waals surface area contributed by atoms with Crippen LogP contribution in [0.4, 0.5) is 0 Å². The minimum absolute atomic E-state index is 0.189. The van der Waals surface area contributed by atoms with Crippen LogP contribution in [0.5, 0.6) is 5.75 Å². The molecule has 0 radical (unpaired) electrons. The van der Waals surface area contributed by atoms with Crippen LogP contribution in [0.25, 0.3) is 10.9 Å². The van der Waals surface area contributed by atoms with Gasteiger partial charge in [-0.15, -0.1) is 0 Å². The third-order valence-electron chi connectivity index (χ3n) is 6.87. The molecule has 1 aromatic heterocycles. The van der Waals surface area contributed by atoms with Gasteiger partial charge in [-0.3, -0.25) is 0 Å². The average molecular weight is 492 g/mol. The van der Waals surface area contributed by atoms with Gasteiger partial charge in [0.1, 0.15) is 0 Å². The van der Waals surface area contributed by atoms with Crippen molar-refractivity contribution in [3.63, 3.8) is 0 Å². The summed E-state index contributed by atoms with van der Waals surface area (Å²) < 4.78 is 9.27. The number of halogens is 1. The summed E-state index contributed by atoms with van der Waals surface area (Å²) in [5, 5.41) is 12.5. The van der Waals surface area contributed by atoms with Gasteiger partial charge in [0.05, 0.1) is 0 Å². The number of hydrogen-bond acceptors (Lipinski definition) is 4. The van der Waals surface area contributed by atoms with Gasteiger partial charge in [0.2, 0.25) is 0 Å². The number of alkyl halides is 2. The molecule has 5 heteroatoms. The zero-order chi connectivity index (χ0) is 19.4. The molecule has 1 aromatic carbocycles. The first-order chi connectivity index (χ1) is 13.6. The molecule has 4 saturated heterocycles. The second-order valence-corrected chi connectivity index (χ2v) is 14.9. The van der Waals surface area contributed by atoms with Crippen molar-refractivity contribution in [2.45, 2.75) is 35.8 Å². The van der Waals surface area contributed by atoms with Crippen molar-refractivity contribution in [3.8, 4) is 5.75 Å². The number of aromatic nitrogens is 1. The maximum absolute atomic E-state index is 11.5. The first-order valence-corrected chi connectivity index (χ1v) is 14.1. The Morgan fingerprint density at radius 3 is 2.89 bits per heavy atom. The number of pyridine rings is 1. The number of benzene rings is 1. The van der Waals surface area contributed by atoms with Gasteiger partial charge in [0.15, 0.2) is 0 Å². The maximum atomic E-state index is 11.5. The van der Waals surface area contributed by atoms with Crippen molar-refractivity contribution in [2.75, 3.05) is 24.6 Å². The van der Waals surface area contributed by atoms with Crippen LogP contribution in [0.15, 0.2) is 37.1 Å². The van der Waals surface area contributed by atoms with Gasteiger partial charge in [-0.1, -0.05) is 0 Å². The molecule has 6 rings (SSSR count). The molecule has 6 atom stereocenters. The third-order valence-corrected chi connectivity index (χ3v) is 13.3. The molecule has 4 nitrogen and oxygen atoms in total. The van der Waals surface area contributed by atoms with E-state index in [-0.39, 0.29) is 6.04 Å². The van der Waals surface area contributed by atoms with Crippen LogP contribution in [0.3, 0.4) is 0 Å². The standard InChI is InChI=1S/C23H29IN2O2/c1-4-15-13-26-8-6-16(15)9-21(26)23(27)18-5-7-25-22-19(18)10-17(28-3)11-20(22)24-12-14(24)2/h4-5,7,10-11,14-16,21,23,27H,1,6,8-9,12-13H2,2-3H3/t14?,15-,16-,21+,23-/m0/s1. The molecular weight excluding hydrogens is 463 g/mol. The van der Waals surface area contributed by atoms with Crippen molar-refractivity contribution < 1.29 is 9.84 Å². The van der Waals surface area contributed by atoms with E-state index in [0.29, 0.717) is 11.8 Å². The SMILES string of the molecule is C=C[C@H]1CN2CC[C@H]1C[C@@H]2[C@@H](O)c1ccnc2c(I3CC3C)cc(OC)cc12. The van der Waals surface area contributed by atoms with Gasteiger partial charge in [-0.05, 0) is 0 Å². The summed E-state index contributed by atoms with van der Waals surface area (Å²) in [5.74, 6) is 2.12. The van der Waals surface area contributed by atoms with Crippen LogP contribution in [0, 0.1) is 15.4 Å². The van der Waals surface area contributed by atoms with Crippen molar-refractivity contribution >= 4 is 30.7 Å². The number of fused-ring (bicyclic) bond motifs is 4. The molecular formula is C23H29IN2O2. The molecule has 28 heavy (non-hydrogen) atoms. The second kappa shape index (κ2) is 7.26. The topological polar surface area (TPSA) is 45.6 Å². The van der Waals surface area contributed by atoms with E-state index in [1.54, 1.807) is 7.11 Å². The fourth-order valence-electron chi connectivity index (χ4n) is 5.16. The molecule has 0 amide bonds. The van der Waals surface area contributed by atoms with Crippen LogP contribution in [0.2, 0.25) is 0 Å². The summed E-state index contributed by atoms with van der Waals surface area (Å²) in [6.07, 6.45) is 5.79. The molecule has 1 N–H and O–H groups in total. The van der Waals surface area contributed by atoms with Crippen molar-refractivity contribution in [3.05, 3.63) is 46.2 Å². The van der Waals surface area contributed by atoms with Crippen molar-refractivity contribution in [1.82, 2.24) is 9.88 Å². The number of aliphatic hydroxyl groups excluding tert-OH is 1. The van der Waals surface area contributed by atoms with Gasteiger partial charge >= 0.3 is 175 Å². The predicted octanol–water partition coefficient (Wildman–Crippen LogP) is 4.25. The van der Waals surface area contributed by atoms with Gasteiger partial charge in [-0.25, -0.2) is 0 Å². The monoisotopic (exact) mass is 492 g/mol. The van der Waals surface area contributed by atoms with E-state index >= 15 is 0 Å². The van der Waals surface area contributed by atoms with Crippen molar-refractivity contribution in [1.29, 1.82) is 0 Å². The summed E-state index contributed by atoms with van der Waals surface area (Å²) in [6.45, 7) is 8.49. The zero-order valence-electron chi connectivity index (χ0n) is 16.6. The third kappa shape index (κ3) is 3.06. The Hall–Kier alpha value is -1.18. The minimum atomic E-state index is -1.11. The average Bonchev–Trinajstić information content (AvgIpc) is 3.48. The Kier molecular flexibility index (Phi) is 4.88. The van der Waals surface area contributed by atoms with Gasteiger partial charge < -0.3 is 0 Å². The number of rotatable bonds is 5.